The van der Waals surface area contributed by atoms with Crippen molar-refractivity contribution in [3.05, 3.63) is 35.4 Å². The van der Waals surface area contributed by atoms with Crippen molar-refractivity contribution in [2.75, 3.05) is 33.4 Å². The second-order valence-electron chi connectivity index (χ2n) is 4.41. The fraction of sp³-hybridized carbons (Fsp3) is 0.533. The first-order chi connectivity index (χ1) is 8.67. The third kappa shape index (κ3) is 4.98. The number of ketones is 1. The van der Waals surface area contributed by atoms with Crippen LogP contribution in [0.1, 0.15) is 29.8 Å². The molecule has 0 radical (unpaired) electrons. The molecule has 0 amide bonds. The van der Waals surface area contributed by atoms with Crippen LogP contribution < -0.4 is 0 Å². The molecule has 0 saturated heterocycles. The minimum Gasteiger partial charge on any atom is -0.380 e. The van der Waals surface area contributed by atoms with Gasteiger partial charge in [-0.1, -0.05) is 31.2 Å². The molecule has 0 N–H and O–H groups in total. The lowest BCUT2D eigenvalue weighted by molar-refractivity contribution is 0.0896. The number of likely N-dealkylation sites (N-methyl/N-ethyl adjacent to an activating group) is 1. The van der Waals surface area contributed by atoms with Crippen molar-refractivity contribution >= 4 is 5.78 Å². The molecule has 0 aliphatic rings. The maximum absolute atomic E-state index is 12.0. The summed E-state index contributed by atoms with van der Waals surface area (Å²) < 4.78 is 5.27. The Balaban J connectivity index is 2.43. The van der Waals surface area contributed by atoms with E-state index in [1.165, 1.54) is 5.56 Å². The van der Waals surface area contributed by atoms with Gasteiger partial charge in [-0.3, -0.25) is 9.69 Å². The van der Waals surface area contributed by atoms with Gasteiger partial charge >= 0.3 is 0 Å². The van der Waals surface area contributed by atoms with Crippen molar-refractivity contribution in [1.29, 1.82) is 0 Å². The first-order valence-electron chi connectivity index (χ1n) is 6.55. The summed E-state index contributed by atoms with van der Waals surface area (Å²) in [6.07, 6.45) is 1.00. The number of rotatable bonds is 8. The van der Waals surface area contributed by atoms with Crippen LogP contribution in [0.25, 0.3) is 0 Å². The zero-order valence-electron chi connectivity index (χ0n) is 11.6. The van der Waals surface area contributed by atoms with Gasteiger partial charge in [0.2, 0.25) is 0 Å². The molecule has 0 spiro atoms. The number of hydrogen-bond acceptors (Lipinski definition) is 3. The third-order valence-corrected chi connectivity index (χ3v) is 2.92. The van der Waals surface area contributed by atoms with Gasteiger partial charge in [0, 0.05) is 18.7 Å². The maximum Gasteiger partial charge on any atom is 0.176 e. The highest BCUT2D eigenvalue weighted by molar-refractivity contribution is 5.97. The Labute approximate surface area is 110 Å². The van der Waals surface area contributed by atoms with Crippen LogP contribution in [-0.4, -0.2) is 44.0 Å². The summed E-state index contributed by atoms with van der Waals surface area (Å²) in [5.41, 5.74) is 2.05. The smallest absolute Gasteiger partial charge is 0.176 e. The molecule has 1 aromatic carbocycles. The van der Waals surface area contributed by atoms with E-state index >= 15 is 0 Å². The van der Waals surface area contributed by atoms with E-state index in [2.05, 4.69) is 6.92 Å². The quantitative estimate of drug-likeness (QED) is 0.523. The second-order valence-corrected chi connectivity index (χ2v) is 4.41. The molecule has 0 aliphatic heterocycles. The maximum atomic E-state index is 12.0. The van der Waals surface area contributed by atoms with E-state index < -0.39 is 0 Å². The molecule has 3 nitrogen and oxygen atoms in total. The number of hydrogen-bond donors (Lipinski definition) is 0. The lowest BCUT2D eigenvalue weighted by atomic mass is 10.1. The predicted octanol–water partition coefficient (Wildman–Crippen LogP) is 2.40. The highest BCUT2D eigenvalue weighted by Crippen LogP contribution is 2.06. The molecule has 18 heavy (non-hydrogen) atoms. The first kappa shape index (κ1) is 14.9. The fourth-order valence-corrected chi connectivity index (χ4v) is 1.71. The Morgan fingerprint density at radius 1 is 1.22 bits per heavy atom. The highest BCUT2D eigenvalue weighted by atomic mass is 16.5. The van der Waals surface area contributed by atoms with Gasteiger partial charge in [-0.15, -0.1) is 0 Å². The second kappa shape index (κ2) is 8.01. The molecular formula is C15H23NO2. The van der Waals surface area contributed by atoms with Crippen LogP contribution in [0.4, 0.5) is 0 Å². The van der Waals surface area contributed by atoms with Gasteiger partial charge in [0.1, 0.15) is 0 Å². The van der Waals surface area contributed by atoms with Gasteiger partial charge in [-0.2, -0.15) is 0 Å². The van der Waals surface area contributed by atoms with Crippen LogP contribution >= 0.6 is 0 Å². The zero-order chi connectivity index (χ0) is 13.4. The lowest BCUT2D eigenvalue weighted by Gasteiger charge is -2.15. The van der Waals surface area contributed by atoms with Crippen molar-refractivity contribution < 1.29 is 9.53 Å². The number of benzene rings is 1. The Morgan fingerprint density at radius 3 is 2.44 bits per heavy atom. The number of Topliss-reactive ketones (excluding diaryl/α,β-unsaturated/α-hetero) is 1. The highest BCUT2D eigenvalue weighted by Gasteiger charge is 2.08. The molecular weight excluding hydrogens is 226 g/mol. The van der Waals surface area contributed by atoms with E-state index in [1.54, 1.807) is 0 Å². The average Bonchev–Trinajstić information content (AvgIpc) is 2.39. The Morgan fingerprint density at radius 2 is 1.89 bits per heavy atom. The molecule has 1 rings (SSSR count). The first-order valence-corrected chi connectivity index (χ1v) is 6.55. The fourth-order valence-electron chi connectivity index (χ4n) is 1.71. The number of carbonyl (C=O) groups excluding carboxylic acids is 1. The van der Waals surface area contributed by atoms with Gasteiger partial charge in [-0.25, -0.2) is 0 Å². The number of ether oxygens (including phenoxy) is 1. The van der Waals surface area contributed by atoms with Crippen molar-refractivity contribution in [2.24, 2.45) is 0 Å². The molecule has 0 aromatic heterocycles. The monoisotopic (exact) mass is 249 g/mol. The summed E-state index contributed by atoms with van der Waals surface area (Å²) in [5, 5.41) is 0. The van der Waals surface area contributed by atoms with Crippen molar-refractivity contribution in [3.63, 3.8) is 0 Å². The minimum absolute atomic E-state index is 0.164. The van der Waals surface area contributed by atoms with Gasteiger partial charge in [0.15, 0.2) is 5.78 Å². The standard InChI is InChI=1S/C15H23NO2/c1-4-13-6-8-14(9-7-13)15(17)12-16(3)10-11-18-5-2/h6-9H,4-5,10-12H2,1-3H3. The average molecular weight is 249 g/mol. The summed E-state index contributed by atoms with van der Waals surface area (Å²) in [5.74, 6) is 0.164. The molecule has 0 saturated carbocycles. The Hall–Kier alpha value is -1.19. The molecule has 0 fully saturated rings. The molecule has 0 heterocycles. The summed E-state index contributed by atoms with van der Waals surface area (Å²) in [6, 6.07) is 7.87. The largest absolute Gasteiger partial charge is 0.380 e. The molecule has 1 aromatic rings. The van der Waals surface area contributed by atoms with Gasteiger partial charge < -0.3 is 4.74 Å². The van der Waals surface area contributed by atoms with Gasteiger partial charge in [0.05, 0.1) is 13.2 Å². The van der Waals surface area contributed by atoms with Crippen LogP contribution in [0.5, 0.6) is 0 Å². The van der Waals surface area contributed by atoms with E-state index in [9.17, 15) is 4.79 Å². The summed E-state index contributed by atoms with van der Waals surface area (Å²) >= 11 is 0. The molecule has 0 atom stereocenters. The van der Waals surface area contributed by atoms with Crippen LogP contribution in [0.2, 0.25) is 0 Å². The lowest BCUT2D eigenvalue weighted by Crippen LogP contribution is -2.29. The van der Waals surface area contributed by atoms with E-state index in [0.29, 0.717) is 13.2 Å². The van der Waals surface area contributed by atoms with Crippen LogP contribution in [0, 0.1) is 0 Å². The molecule has 0 aliphatic carbocycles. The third-order valence-electron chi connectivity index (χ3n) is 2.92. The summed E-state index contributed by atoms with van der Waals surface area (Å²) in [6.45, 7) is 6.71. The van der Waals surface area contributed by atoms with E-state index in [4.69, 9.17) is 4.74 Å². The van der Waals surface area contributed by atoms with Gasteiger partial charge in [0.25, 0.3) is 0 Å². The van der Waals surface area contributed by atoms with Gasteiger partial charge in [-0.05, 0) is 26.0 Å². The van der Waals surface area contributed by atoms with Crippen molar-refractivity contribution in [3.8, 4) is 0 Å². The van der Waals surface area contributed by atoms with Crippen LogP contribution in [0.3, 0.4) is 0 Å². The number of aryl methyl sites for hydroxylation is 1. The van der Waals surface area contributed by atoms with Crippen LogP contribution in [-0.2, 0) is 11.2 Å². The number of nitrogens with zero attached hydrogens (tertiary/aromatic N) is 1. The number of carbonyl (C=O) groups is 1. The molecule has 100 valence electrons. The Bertz CT molecular complexity index is 359. The van der Waals surface area contributed by atoms with Crippen molar-refractivity contribution in [1.82, 2.24) is 4.90 Å². The topological polar surface area (TPSA) is 29.5 Å². The van der Waals surface area contributed by atoms with E-state index in [0.717, 1.165) is 25.1 Å². The minimum atomic E-state index is 0.164. The van der Waals surface area contributed by atoms with Crippen LogP contribution in [0.15, 0.2) is 24.3 Å². The molecule has 3 heteroatoms. The summed E-state index contributed by atoms with van der Waals surface area (Å²) in [4.78, 5) is 14.0. The SMILES string of the molecule is CCOCCN(C)CC(=O)c1ccc(CC)cc1. The zero-order valence-corrected chi connectivity index (χ0v) is 11.6. The summed E-state index contributed by atoms with van der Waals surface area (Å²) in [7, 11) is 1.94. The predicted molar refractivity (Wildman–Crippen MR) is 74.1 cm³/mol. The molecule has 0 bridgehead atoms. The Kier molecular flexibility index (Phi) is 6.61. The normalized spacial score (nSPS) is 10.9. The van der Waals surface area contributed by atoms with E-state index in [-0.39, 0.29) is 5.78 Å². The van der Waals surface area contributed by atoms with E-state index in [1.807, 2.05) is 43.1 Å². The molecule has 0 unspecified atom stereocenters. The van der Waals surface area contributed by atoms with Crippen molar-refractivity contribution in [2.45, 2.75) is 20.3 Å².